The minimum atomic E-state index is 0.576. The average Bonchev–Trinajstić information content (AvgIpc) is 2.88. The van der Waals surface area contributed by atoms with Crippen LogP contribution in [-0.2, 0) is 0 Å². The van der Waals surface area contributed by atoms with Crippen molar-refractivity contribution in [2.75, 3.05) is 0 Å². The van der Waals surface area contributed by atoms with Gasteiger partial charge in [-0.2, -0.15) is 5.10 Å². The quantitative estimate of drug-likeness (QED) is 0.760. The standard InChI is InChI=1S/C14H13N5/c1-9-8-10(2)16-13(15-9)14-17-12(18-19-14)11-6-4-3-5-7-11/h3-8H,1-2H3,(H,17,18,19). The van der Waals surface area contributed by atoms with Crippen molar-refractivity contribution in [2.24, 2.45) is 0 Å². The van der Waals surface area contributed by atoms with Gasteiger partial charge in [0, 0.05) is 17.0 Å². The van der Waals surface area contributed by atoms with Crippen molar-refractivity contribution in [3.63, 3.8) is 0 Å². The summed E-state index contributed by atoms with van der Waals surface area (Å²) < 4.78 is 0. The van der Waals surface area contributed by atoms with Gasteiger partial charge in [0.2, 0.25) is 0 Å². The zero-order valence-corrected chi connectivity index (χ0v) is 10.8. The molecule has 3 rings (SSSR count). The molecular formula is C14H13N5. The molecule has 3 aromatic rings. The number of nitrogens with zero attached hydrogens (tertiary/aromatic N) is 4. The molecule has 0 spiro atoms. The Morgan fingerprint density at radius 2 is 1.53 bits per heavy atom. The van der Waals surface area contributed by atoms with Gasteiger partial charge in [0.25, 0.3) is 0 Å². The molecule has 0 aliphatic rings. The Bertz CT molecular complexity index is 683. The Kier molecular flexibility index (Phi) is 2.79. The summed E-state index contributed by atoms with van der Waals surface area (Å²) in [7, 11) is 0. The van der Waals surface area contributed by atoms with Crippen LogP contribution in [0.25, 0.3) is 23.0 Å². The van der Waals surface area contributed by atoms with E-state index in [4.69, 9.17) is 0 Å². The molecule has 2 aromatic heterocycles. The Balaban J connectivity index is 2.02. The first-order valence-corrected chi connectivity index (χ1v) is 6.03. The molecule has 0 atom stereocenters. The molecule has 5 nitrogen and oxygen atoms in total. The molecule has 0 saturated heterocycles. The molecule has 0 aliphatic carbocycles. The second kappa shape index (κ2) is 4.61. The first-order valence-electron chi connectivity index (χ1n) is 6.03. The molecule has 2 heterocycles. The number of H-pyrrole nitrogens is 1. The van der Waals surface area contributed by atoms with Crippen LogP contribution in [-0.4, -0.2) is 25.1 Å². The smallest absolute Gasteiger partial charge is 0.197 e. The van der Waals surface area contributed by atoms with Crippen LogP contribution in [0.5, 0.6) is 0 Å². The molecule has 0 aliphatic heterocycles. The number of benzene rings is 1. The number of aromatic amines is 1. The Morgan fingerprint density at radius 1 is 0.842 bits per heavy atom. The number of aryl methyl sites for hydroxylation is 2. The Hall–Kier alpha value is -2.56. The largest absolute Gasteiger partial charge is 0.256 e. The van der Waals surface area contributed by atoms with Crippen LogP contribution < -0.4 is 0 Å². The highest BCUT2D eigenvalue weighted by atomic mass is 15.2. The summed E-state index contributed by atoms with van der Waals surface area (Å²) >= 11 is 0. The van der Waals surface area contributed by atoms with Gasteiger partial charge in [-0.05, 0) is 19.9 Å². The van der Waals surface area contributed by atoms with Crippen LogP contribution >= 0.6 is 0 Å². The fourth-order valence-electron chi connectivity index (χ4n) is 1.91. The monoisotopic (exact) mass is 251 g/mol. The maximum absolute atomic E-state index is 4.44. The zero-order chi connectivity index (χ0) is 13.2. The van der Waals surface area contributed by atoms with Gasteiger partial charge < -0.3 is 0 Å². The number of hydrogen-bond donors (Lipinski definition) is 1. The van der Waals surface area contributed by atoms with Gasteiger partial charge in [-0.15, -0.1) is 0 Å². The van der Waals surface area contributed by atoms with Crippen molar-refractivity contribution < 1.29 is 0 Å². The van der Waals surface area contributed by atoms with E-state index in [1.54, 1.807) is 0 Å². The molecule has 0 amide bonds. The predicted octanol–water partition coefficient (Wildman–Crippen LogP) is 2.55. The van der Waals surface area contributed by atoms with Crippen LogP contribution in [0.1, 0.15) is 11.4 Å². The van der Waals surface area contributed by atoms with Crippen LogP contribution in [0.2, 0.25) is 0 Å². The van der Waals surface area contributed by atoms with Gasteiger partial charge in [-0.3, -0.25) is 5.10 Å². The third kappa shape index (κ3) is 2.35. The van der Waals surface area contributed by atoms with E-state index in [2.05, 4.69) is 25.1 Å². The molecule has 19 heavy (non-hydrogen) atoms. The molecule has 1 aromatic carbocycles. The van der Waals surface area contributed by atoms with Gasteiger partial charge in [-0.1, -0.05) is 30.3 Å². The normalized spacial score (nSPS) is 10.6. The van der Waals surface area contributed by atoms with Crippen molar-refractivity contribution in [1.29, 1.82) is 0 Å². The van der Waals surface area contributed by atoms with Crippen molar-refractivity contribution in [1.82, 2.24) is 25.1 Å². The summed E-state index contributed by atoms with van der Waals surface area (Å²) in [6.45, 7) is 3.87. The molecular weight excluding hydrogens is 238 g/mol. The average molecular weight is 251 g/mol. The minimum Gasteiger partial charge on any atom is -0.256 e. The van der Waals surface area contributed by atoms with Crippen LogP contribution in [0.4, 0.5) is 0 Å². The lowest BCUT2D eigenvalue weighted by molar-refractivity contribution is 1.02. The van der Waals surface area contributed by atoms with Crippen molar-refractivity contribution >= 4 is 0 Å². The number of hydrogen-bond acceptors (Lipinski definition) is 4. The predicted molar refractivity (Wildman–Crippen MR) is 72.3 cm³/mol. The number of rotatable bonds is 2. The summed E-state index contributed by atoms with van der Waals surface area (Å²) in [6.07, 6.45) is 0. The van der Waals surface area contributed by atoms with Crippen molar-refractivity contribution in [2.45, 2.75) is 13.8 Å². The van der Waals surface area contributed by atoms with Crippen LogP contribution in [0.15, 0.2) is 36.4 Å². The molecule has 0 radical (unpaired) electrons. The van der Waals surface area contributed by atoms with Gasteiger partial charge >= 0.3 is 0 Å². The summed E-state index contributed by atoms with van der Waals surface area (Å²) in [5, 5.41) is 7.09. The third-order valence-electron chi connectivity index (χ3n) is 2.71. The molecule has 94 valence electrons. The summed E-state index contributed by atoms with van der Waals surface area (Å²) in [5.74, 6) is 1.82. The van der Waals surface area contributed by atoms with Gasteiger partial charge in [0.15, 0.2) is 17.5 Å². The highest BCUT2D eigenvalue weighted by Gasteiger charge is 2.10. The van der Waals surface area contributed by atoms with Gasteiger partial charge in [0.1, 0.15) is 0 Å². The second-order valence-corrected chi connectivity index (χ2v) is 4.35. The summed E-state index contributed by atoms with van der Waals surface area (Å²) in [4.78, 5) is 13.2. The Labute approximate surface area is 110 Å². The summed E-state index contributed by atoms with van der Waals surface area (Å²) in [6, 6.07) is 11.7. The molecule has 5 heteroatoms. The lowest BCUT2D eigenvalue weighted by atomic mass is 10.2. The van der Waals surface area contributed by atoms with Crippen molar-refractivity contribution in [3.05, 3.63) is 47.8 Å². The molecule has 0 fully saturated rings. The maximum atomic E-state index is 4.44. The van der Waals surface area contributed by atoms with Crippen molar-refractivity contribution in [3.8, 4) is 23.0 Å². The third-order valence-corrected chi connectivity index (χ3v) is 2.71. The van der Waals surface area contributed by atoms with Crippen LogP contribution in [0, 0.1) is 13.8 Å². The SMILES string of the molecule is Cc1cc(C)nc(-c2nc(-c3ccccc3)n[nH]2)n1. The van der Waals surface area contributed by atoms with E-state index >= 15 is 0 Å². The minimum absolute atomic E-state index is 0.576. The first-order chi connectivity index (χ1) is 9.22. The first kappa shape index (κ1) is 11.5. The number of nitrogens with one attached hydrogen (secondary N) is 1. The number of aromatic nitrogens is 5. The van der Waals surface area contributed by atoms with Gasteiger partial charge in [-0.25, -0.2) is 15.0 Å². The maximum Gasteiger partial charge on any atom is 0.197 e. The molecule has 0 saturated carbocycles. The van der Waals surface area contributed by atoms with E-state index in [1.165, 1.54) is 0 Å². The van der Waals surface area contributed by atoms with E-state index in [0.717, 1.165) is 17.0 Å². The highest BCUT2D eigenvalue weighted by molar-refractivity contribution is 5.57. The topological polar surface area (TPSA) is 67.3 Å². The lowest BCUT2D eigenvalue weighted by Crippen LogP contribution is -1.95. The van der Waals surface area contributed by atoms with E-state index in [1.807, 2.05) is 50.2 Å². The van der Waals surface area contributed by atoms with Crippen LogP contribution in [0.3, 0.4) is 0 Å². The van der Waals surface area contributed by atoms with E-state index in [-0.39, 0.29) is 0 Å². The summed E-state index contributed by atoms with van der Waals surface area (Å²) in [5.41, 5.74) is 2.80. The van der Waals surface area contributed by atoms with E-state index in [0.29, 0.717) is 17.5 Å². The fourth-order valence-corrected chi connectivity index (χ4v) is 1.91. The Morgan fingerprint density at radius 3 is 2.21 bits per heavy atom. The van der Waals surface area contributed by atoms with E-state index in [9.17, 15) is 0 Å². The van der Waals surface area contributed by atoms with E-state index < -0.39 is 0 Å². The lowest BCUT2D eigenvalue weighted by Gasteiger charge is -1.98. The second-order valence-electron chi connectivity index (χ2n) is 4.35. The fraction of sp³-hybridized carbons (Fsp3) is 0.143. The molecule has 0 bridgehead atoms. The highest BCUT2D eigenvalue weighted by Crippen LogP contribution is 2.17. The molecule has 1 N–H and O–H groups in total. The van der Waals surface area contributed by atoms with Gasteiger partial charge in [0.05, 0.1) is 0 Å². The molecule has 0 unspecified atom stereocenters. The zero-order valence-electron chi connectivity index (χ0n) is 10.8.